The lowest BCUT2D eigenvalue weighted by Gasteiger charge is -2.18. The molecule has 2 fully saturated rings. The van der Waals surface area contributed by atoms with Crippen LogP contribution < -0.4 is 10.1 Å². The van der Waals surface area contributed by atoms with Gasteiger partial charge in [0.1, 0.15) is 11.5 Å². The van der Waals surface area contributed by atoms with Crippen molar-refractivity contribution < 1.29 is 9.53 Å². The van der Waals surface area contributed by atoms with E-state index in [-0.39, 0.29) is 5.92 Å². The van der Waals surface area contributed by atoms with Gasteiger partial charge in [0.2, 0.25) is 0 Å². The van der Waals surface area contributed by atoms with Crippen molar-refractivity contribution in [2.75, 3.05) is 6.61 Å². The van der Waals surface area contributed by atoms with Crippen LogP contribution >= 0.6 is 0 Å². The van der Waals surface area contributed by atoms with Crippen LogP contribution in [-0.2, 0) is 17.6 Å². The number of hydrogen-bond donors (Lipinski definition) is 1. The summed E-state index contributed by atoms with van der Waals surface area (Å²) in [4.78, 5) is 12.4. The van der Waals surface area contributed by atoms with E-state index in [1.165, 1.54) is 24.0 Å². The van der Waals surface area contributed by atoms with Crippen LogP contribution in [0.5, 0.6) is 5.75 Å². The summed E-state index contributed by atoms with van der Waals surface area (Å²) in [7, 11) is 0. The van der Waals surface area contributed by atoms with Crippen molar-refractivity contribution in [2.45, 2.75) is 50.6 Å². The van der Waals surface area contributed by atoms with E-state index in [1.54, 1.807) is 0 Å². The molecular formula is C17H21NO2. The number of rotatable bonds is 4. The monoisotopic (exact) mass is 271 g/mol. The Hall–Kier alpha value is -1.35. The molecule has 3 heterocycles. The van der Waals surface area contributed by atoms with E-state index in [1.807, 2.05) is 0 Å². The molecular weight excluding hydrogens is 250 g/mol. The molecule has 3 heteroatoms. The first-order valence-corrected chi connectivity index (χ1v) is 7.83. The van der Waals surface area contributed by atoms with Crippen LogP contribution in [0.4, 0.5) is 0 Å². The zero-order valence-corrected chi connectivity index (χ0v) is 11.7. The van der Waals surface area contributed by atoms with E-state index >= 15 is 0 Å². The van der Waals surface area contributed by atoms with Crippen molar-refractivity contribution in [3.63, 3.8) is 0 Å². The molecule has 0 amide bonds. The van der Waals surface area contributed by atoms with Crippen LogP contribution in [0.3, 0.4) is 0 Å². The minimum absolute atomic E-state index is 0.284. The van der Waals surface area contributed by atoms with E-state index in [2.05, 4.69) is 23.5 Å². The Labute approximate surface area is 119 Å². The largest absolute Gasteiger partial charge is 0.493 e. The summed E-state index contributed by atoms with van der Waals surface area (Å²) in [5.41, 5.74) is 2.58. The second-order valence-corrected chi connectivity index (χ2v) is 6.40. The van der Waals surface area contributed by atoms with Gasteiger partial charge in [-0.15, -0.1) is 0 Å². The molecule has 0 saturated carbocycles. The average molecular weight is 271 g/mol. The molecule has 1 aromatic carbocycles. The van der Waals surface area contributed by atoms with E-state index in [9.17, 15) is 4.79 Å². The zero-order valence-electron chi connectivity index (χ0n) is 11.7. The quantitative estimate of drug-likeness (QED) is 0.913. The van der Waals surface area contributed by atoms with Gasteiger partial charge in [-0.2, -0.15) is 0 Å². The van der Waals surface area contributed by atoms with Crippen molar-refractivity contribution in [3.8, 4) is 5.75 Å². The third kappa shape index (κ3) is 2.14. The van der Waals surface area contributed by atoms with Gasteiger partial charge in [-0.1, -0.05) is 12.1 Å². The summed E-state index contributed by atoms with van der Waals surface area (Å²) >= 11 is 0. The Morgan fingerprint density at radius 1 is 1.35 bits per heavy atom. The number of nitrogens with one attached hydrogen (secondary N) is 1. The number of ketones is 1. The molecule has 1 aromatic rings. The van der Waals surface area contributed by atoms with E-state index in [0.29, 0.717) is 24.3 Å². The van der Waals surface area contributed by atoms with Crippen LogP contribution in [0.1, 0.15) is 36.8 Å². The minimum atomic E-state index is 0.284. The minimum Gasteiger partial charge on any atom is -0.493 e. The van der Waals surface area contributed by atoms with Crippen LogP contribution in [0.25, 0.3) is 0 Å². The second kappa shape index (κ2) is 4.88. The van der Waals surface area contributed by atoms with Gasteiger partial charge in [0.05, 0.1) is 6.61 Å². The first-order chi connectivity index (χ1) is 9.79. The summed E-state index contributed by atoms with van der Waals surface area (Å²) in [6, 6.07) is 7.47. The van der Waals surface area contributed by atoms with E-state index in [4.69, 9.17) is 4.74 Å². The number of benzene rings is 1. The van der Waals surface area contributed by atoms with E-state index in [0.717, 1.165) is 31.6 Å². The standard InChI is InChI=1S/C17H21NO2/c19-16(14-10-13-3-4-15(14)18-13)5-1-11-2-6-17-12(9-11)7-8-20-17/h2,6,9,13-15,18H,1,3-5,7-8,10H2. The van der Waals surface area contributed by atoms with Crippen molar-refractivity contribution in [1.29, 1.82) is 0 Å². The van der Waals surface area contributed by atoms with Crippen molar-refractivity contribution in [2.24, 2.45) is 5.92 Å². The van der Waals surface area contributed by atoms with Gasteiger partial charge in [0, 0.05) is 30.8 Å². The summed E-state index contributed by atoms with van der Waals surface area (Å²) in [5.74, 6) is 1.77. The third-order valence-corrected chi connectivity index (χ3v) is 5.13. The number of carbonyl (C=O) groups is 1. The molecule has 3 aliphatic rings. The highest BCUT2D eigenvalue weighted by Crippen LogP contribution is 2.34. The Bertz CT molecular complexity index is 540. The highest BCUT2D eigenvalue weighted by Gasteiger charge is 2.42. The molecule has 3 aliphatic heterocycles. The lowest BCUT2D eigenvalue weighted by Crippen LogP contribution is -2.28. The van der Waals surface area contributed by atoms with E-state index < -0.39 is 0 Å². The molecule has 20 heavy (non-hydrogen) atoms. The van der Waals surface area contributed by atoms with Crippen LogP contribution in [0.15, 0.2) is 18.2 Å². The second-order valence-electron chi connectivity index (χ2n) is 6.40. The van der Waals surface area contributed by atoms with Crippen LogP contribution in [-0.4, -0.2) is 24.5 Å². The average Bonchev–Trinajstić information content (AvgIpc) is 3.19. The SMILES string of the molecule is O=C(CCc1ccc2c(c1)CCO2)C1CC2CCC1N2. The smallest absolute Gasteiger partial charge is 0.137 e. The predicted octanol–water partition coefficient (Wildman–Crippen LogP) is 2.26. The lowest BCUT2D eigenvalue weighted by molar-refractivity contribution is -0.123. The zero-order chi connectivity index (χ0) is 13.5. The van der Waals surface area contributed by atoms with Crippen LogP contribution in [0, 0.1) is 5.92 Å². The Kier molecular flexibility index (Phi) is 3.03. The maximum Gasteiger partial charge on any atom is 0.137 e. The highest BCUT2D eigenvalue weighted by molar-refractivity contribution is 5.82. The fraction of sp³-hybridized carbons (Fsp3) is 0.588. The van der Waals surface area contributed by atoms with Gasteiger partial charge in [-0.3, -0.25) is 4.79 Å². The predicted molar refractivity (Wildman–Crippen MR) is 77.0 cm³/mol. The number of Topliss-reactive ketones (excluding diaryl/α,β-unsaturated/α-hetero) is 1. The third-order valence-electron chi connectivity index (χ3n) is 5.13. The first kappa shape index (κ1) is 12.4. The van der Waals surface area contributed by atoms with Crippen molar-refractivity contribution in [3.05, 3.63) is 29.3 Å². The normalized spacial score (nSPS) is 30.3. The fourth-order valence-corrected chi connectivity index (χ4v) is 4.03. The molecule has 1 N–H and O–H groups in total. The van der Waals surface area contributed by atoms with Crippen molar-refractivity contribution >= 4 is 5.78 Å². The summed E-state index contributed by atoms with van der Waals surface area (Å²) in [6.07, 6.45) is 6.10. The molecule has 3 atom stereocenters. The molecule has 3 nitrogen and oxygen atoms in total. The Balaban J connectivity index is 1.37. The molecule has 3 unspecified atom stereocenters. The van der Waals surface area contributed by atoms with Crippen LogP contribution in [0.2, 0.25) is 0 Å². The topological polar surface area (TPSA) is 38.3 Å². The number of fused-ring (bicyclic) bond motifs is 3. The molecule has 4 rings (SSSR count). The van der Waals surface area contributed by atoms with Gasteiger partial charge >= 0.3 is 0 Å². The fourth-order valence-electron chi connectivity index (χ4n) is 4.03. The molecule has 0 aromatic heterocycles. The Morgan fingerprint density at radius 2 is 2.30 bits per heavy atom. The number of hydrogen-bond acceptors (Lipinski definition) is 3. The molecule has 0 spiro atoms. The summed E-state index contributed by atoms with van der Waals surface area (Å²) in [6.45, 7) is 0.800. The lowest BCUT2D eigenvalue weighted by atomic mass is 9.84. The molecule has 0 radical (unpaired) electrons. The number of aryl methyl sites for hydroxylation is 1. The number of carbonyl (C=O) groups excluding carboxylic acids is 1. The molecule has 2 bridgehead atoms. The first-order valence-electron chi connectivity index (χ1n) is 7.83. The molecule has 2 saturated heterocycles. The summed E-state index contributed by atoms with van der Waals surface area (Å²) in [5, 5.41) is 3.55. The highest BCUT2D eigenvalue weighted by atomic mass is 16.5. The van der Waals surface area contributed by atoms with Gasteiger partial charge < -0.3 is 10.1 Å². The maximum atomic E-state index is 12.4. The van der Waals surface area contributed by atoms with Crippen molar-refractivity contribution in [1.82, 2.24) is 5.32 Å². The van der Waals surface area contributed by atoms with Gasteiger partial charge in [0.25, 0.3) is 0 Å². The maximum absolute atomic E-state index is 12.4. The Morgan fingerprint density at radius 3 is 3.10 bits per heavy atom. The van der Waals surface area contributed by atoms with Gasteiger partial charge in [-0.25, -0.2) is 0 Å². The molecule has 106 valence electrons. The summed E-state index contributed by atoms with van der Waals surface area (Å²) < 4.78 is 5.52. The number of ether oxygens (including phenoxy) is 1. The van der Waals surface area contributed by atoms with Gasteiger partial charge in [-0.05, 0) is 42.9 Å². The molecule has 0 aliphatic carbocycles. The van der Waals surface area contributed by atoms with Gasteiger partial charge in [0.15, 0.2) is 0 Å².